The van der Waals surface area contributed by atoms with Crippen LogP contribution in [0.5, 0.6) is 0 Å². The maximum atomic E-state index is 12.2. The third-order valence-electron chi connectivity index (χ3n) is 2.45. The fraction of sp³-hybridized carbons (Fsp3) is 0.400. The molecule has 0 amide bonds. The Morgan fingerprint density at radius 3 is 2.88 bits per heavy atom. The van der Waals surface area contributed by atoms with E-state index in [1.165, 1.54) is 17.2 Å². The third-order valence-corrected chi connectivity index (χ3v) is 6.32. The predicted molar refractivity (Wildman–Crippen MR) is 67.3 cm³/mol. The molecule has 16 heavy (non-hydrogen) atoms. The first-order valence-corrected chi connectivity index (χ1v) is 7.40. The SMILES string of the molecule is NC[C@@H](c1ccco1)S(=O)(=O)C1=S=CCC1. The van der Waals surface area contributed by atoms with Crippen molar-refractivity contribution in [3.05, 3.63) is 24.2 Å². The normalized spacial score (nSPS) is 17.9. The second kappa shape index (κ2) is 4.57. The van der Waals surface area contributed by atoms with E-state index >= 15 is 0 Å². The monoisotopic (exact) mass is 259 g/mol. The average Bonchev–Trinajstić information content (AvgIpc) is 2.91. The summed E-state index contributed by atoms with van der Waals surface area (Å²) in [6.45, 7) is 0.0416. The largest absolute Gasteiger partial charge is 0.468 e. The average molecular weight is 259 g/mol. The quantitative estimate of drug-likeness (QED) is 0.826. The number of hydrogen-bond donors (Lipinski definition) is 1. The van der Waals surface area contributed by atoms with Crippen molar-refractivity contribution in [2.45, 2.75) is 18.1 Å². The van der Waals surface area contributed by atoms with Crippen LogP contribution in [-0.4, -0.2) is 24.5 Å². The lowest BCUT2D eigenvalue weighted by Gasteiger charge is -2.13. The summed E-state index contributed by atoms with van der Waals surface area (Å²) in [4.78, 5) is 0. The predicted octanol–water partition coefficient (Wildman–Crippen LogP) is 1.15. The number of furan rings is 1. The first-order chi connectivity index (χ1) is 7.66. The lowest BCUT2D eigenvalue weighted by atomic mass is 10.3. The molecule has 1 aliphatic rings. The highest BCUT2D eigenvalue weighted by atomic mass is 32.2. The molecule has 88 valence electrons. The zero-order valence-corrected chi connectivity index (χ0v) is 10.3. The molecular weight excluding hydrogens is 246 g/mol. The van der Waals surface area contributed by atoms with Crippen LogP contribution in [0.15, 0.2) is 22.8 Å². The zero-order valence-electron chi connectivity index (χ0n) is 8.63. The van der Waals surface area contributed by atoms with E-state index in [-0.39, 0.29) is 6.54 Å². The van der Waals surface area contributed by atoms with Gasteiger partial charge >= 0.3 is 0 Å². The van der Waals surface area contributed by atoms with E-state index in [0.717, 1.165) is 6.42 Å². The van der Waals surface area contributed by atoms with E-state index in [4.69, 9.17) is 10.2 Å². The summed E-state index contributed by atoms with van der Waals surface area (Å²) in [5, 5.41) is 1.15. The topological polar surface area (TPSA) is 73.3 Å². The van der Waals surface area contributed by atoms with Gasteiger partial charge < -0.3 is 10.2 Å². The molecule has 1 aromatic rings. The number of nitrogens with two attached hydrogens (primary N) is 1. The van der Waals surface area contributed by atoms with Crippen molar-refractivity contribution in [1.82, 2.24) is 0 Å². The molecule has 0 bridgehead atoms. The van der Waals surface area contributed by atoms with Crippen LogP contribution >= 0.6 is 10.9 Å². The summed E-state index contributed by atoms with van der Waals surface area (Å²) in [5.41, 5.74) is 5.55. The van der Waals surface area contributed by atoms with Crippen LogP contribution in [0.25, 0.3) is 0 Å². The molecular formula is C10H13NO3S2. The van der Waals surface area contributed by atoms with Gasteiger partial charge in [-0.3, -0.25) is 0 Å². The third kappa shape index (κ3) is 2.00. The Morgan fingerprint density at radius 2 is 2.38 bits per heavy atom. The molecule has 2 N–H and O–H groups in total. The molecule has 4 nitrogen and oxygen atoms in total. The molecule has 6 heteroatoms. The zero-order chi connectivity index (χ0) is 11.6. The van der Waals surface area contributed by atoms with Crippen LogP contribution in [0.2, 0.25) is 0 Å². The van der Waals surface area contributed by atoms with E-state index in [1.807, 2.05) is 5.37 Å². The Morgan fingerprint density at radius 1 is 1.56 bits per heavy atom. The lowest BCUT2D eigenvalue weighted by molar-refractivity contribution is 0.495. The van der Waals surface area contributed by atoms with Crippen molar-refractivity contribution >= 4 is 30.3 Å². The summed E-state index contributed by atoms with van der Waals surface area (Å²) in [5.74, 6) is 0.419. The molecule has 0 fully saturated rings. The highest BCUT2D eigenvalue weighted by molar-refractivity contribution is 8.22. The van der Waals surface area contributed by atoms with E-state index in [0.29, 0.717) is 16.4 Å². The summed E-state index contributed by atoms with van der Waals surface area (Å²) in [6, 6.07) is 3.32. The minimum absolute atomic E-state index is 0.0416. The minimum Gasteiger partial charge on any atom is -0.468 e. The smallest absolute Gasteiger partial charge is 0.195 e. The first kappa shape index (κ1) is 11.6. The van der Waals surface area contributed by atoms with Crippen LogP contribution in [0.4, 0.5) is 0 Å². The van der Waals surface area contributed by atoms with E-state index < -0.39 is 15.1 Å². The highest BCUT2D eigenvalue weighted by Crippen LogP contribution is 2.26. The Hall–Kier alpha value is -0.850. The fourth-order valence-corrected chi connectivity index (χ4v) is 4.79. The number of sulfone groups is 1. The van der Waals surface area contributed by atoms with Gasteiger partial charge in [0.15, 0.2) is 9.84 Å². The lowest BCUT2D eigenvalue weighted by Crippen LogP contribution is -2.26. The van der Waals surface area contributed by atoms with E-state index in [9.17, 15) is 8.42 Å². The minimum atomic E-state index is -3.34. The van der Waals surface area contributed by atoms with Gasteiger partial charge in [0, 0.05) is 6.54 Å². The van der Waals surface area contributed by atoms with E-state index in [1.54, 1.807) is 12.1 Å². The Bertz CT molecular complexity index is 524. The summed E-state index contributed by atoms with van der Waals surface area (Å²) < 4.78 is 30.1. The van der Waals surface area contributed by atoms with Gasteiger partial charge in [-0.05, 0) is 30.3 Å². The molecule has 0 spiro atoms. The highest BCUT2D eigenvalue weighted by Gasteiger charge is 2.32. The van der Waals surface area contributed by atoms with Crippen LogP contribution < -0.4 is 5.73 Å². The van der Waals surface area contributed by atoms with Crippen LogP contribution in [0.3, 0.4) is 0 Å². The molecule has 0 radical (unpaired) electrons. The van der Waals surface area contributed by atoms with Gasteiger partial charge in [-0.1, -0.05) is 0 Å². The molecule has 1 aliphatic heterocycles. The molecule has 0 aromatic carbocycles. The number of rotatable bonds is 3. The first-order valence-electron chi connectivity index (χ1n) is 4.98. The van der Waals surface area contributed by atoms with Gasteiger partial charge in [-0.25, -0.2) is 8.42 Å². The molecule has 0 unspecified atom stereocenters. The maximum absolute atomic E-state index is 12.2. The van der Waals surface area contributed by atoms with Crippen molar-refractivity contribution < 1.29 is 12.8 Å². The summed E-state index contributed by atoms with van der Waals surface area (Å²) in [6.07, 6.45) is 2.85. The molecule has 0 saturated heterocycles. The Balaban J connectivity index is 2.39. The van der Waals surface area contributed by atoms with Gasteiger partial charge in [0.05, 0.1) is 10.5 Å². The fourth-order valence-electron chi connectivity index (χ4n) is 1.63. The van der Waals surface area contributed by atoms with E-state index in [2.05, 4.69) is 0 Å². The maximum Gasteiger partial charge on any atom is 0.195 e. The van der Waals surface area contributed by atoms with Crippen molar-refractivity contribution in [3.8, 4) is 0 Å². The second-order valence-corrected chi connectivity index (χ2v) is 6.95. The summed E-state index contributed by atoms with van der Waals surface area (Å²) in [7, 11) is -2.05. The molecule has 0 saturated carbocycles. The van der Waals surface area contributed by atoms with Gasteiger partial charge in [0.2, 0.25) is 0 Å². The standard InChI is InChI=1S/C10H13NO3S2/c11-7-9(8-3-1-5-14-8)16(12,13)10-4-2-6-15-10/h1,3,5-6,9H,2,4,7,11H2/t9-/m0/s1. The van der Waals surface area contributed by atoms with Crippen molar-refractivity contribution in [2.75, 3.05) is 6.54 Å². The van der Waals surface area contributed by atoms with Gasteiger partial charge in [0.25, 0.3) is 0 Å². The van der Waals surface area contributed by atoms with Crippen LogP contribution in [-0.2, 0) is 9.84 Å². The van der Waals surface area contributed by atoms with Crippen molar-refractivity contribution in [2.24, 2.45) is 5.73 Å². The van der Waals surface area contributed by atoms with Gasteiger partial charge in [-0.15, -0.1) is 10.9 Å². The molecule has 0 aliphatic carbocycles. The Kier molecular flexibility index (Phi) is 3.32. The molecule has 2 rings (SSSR count). The van der Waals surface area contributed by atoms with Crippen molar-refractivity contribution in [1.29, 1.82) is 0 Å². The Labute approximate surface area is 97.9 Å². The number of hydrogen-bond acceptors (Lipinski definition) is 4. The van der Waals surface area contributed by atoms with Gasteiger partial charge in [0.1, 0.15) is 11.0 Å². The second-order valence-electron chi connectivity index (χ2n) is 3.48. The van der Waals surface area contributed by atoms with Gasteiger partial charge in [-0.2, -0.15) is 0 Å². The molecule has 1 aromatic heterocycles. The summed E-state index contributed by atoms with van der Waals surface area (Å²) >= 11 is 0. The molecule has 1 atom stereocenters. The van der Waals surface area contributed by atoms with Crippen molar-refractivity contribution in [3.63, 3.8) is 0 Å². The van der Waals surface area contributed by atoms with Crippen LogP contribution in [0, 0.1) is 0 Å². The van der Waals surface area contributed by atoms with Crippen LogP contribution in [0.1, 0.15) is 23.9 Å². The molecule has 2 heterocycles.